The van der Waals surface area contributed by atoms with Gasteiger partial charge in [0, 0.05) is 6.54 Å². The normalized spacial score (nSPS) is 12.6. The monoisotopic (exact) mass is 335 g/mol. The highest BCUT2D eigenvalue weighted by molar-refractivity contribution is 5.66. The topological polar surface area (TPSA) is 28.0 Å². The van der Waals surface area contributed by atoms with E-state index in [1.165, 1.54) is 16.7 Å². The summed E-state index contributed by atoms with van der Waals surface area (Å²) in [6.07, 6.45) is 2.89. The lowest BCUT2D eigenvalue weighted by molar-refractivity contribution is 0.486. The smallest absolute Gasteiger partial charge is 0.0611 e. The van der Waals surface area contributed by atoms with Crippen LogP contribution in [0.15, 0.2) is 76.7 Å². The van der Waals surface area contributed by atoms with Crippen molar-refractivity contribution in [2.24, 2.45) is 15.8 Å². The lowest BCUT2D eigenvalue weighted by atomic mass is 9.86. The highest BCUT2D eigenvalue weighted by atomic mass is 15.5. The Bertz CT molecular complexity index is 707. The van der Waals surface area contributed by atoms with Crippen molar-refractivity contribution in [2.45, 2.75) is 41.0 Å². The third-order valence-electron chi connectivity index (χ3n) is 4.29. The predicted molar refractivity (Wildman–Crippen MR) is 108 cm³/mol. The second-order valence-electron chi connectivity index (χ2n) is 7.09. The molecule has 0 radical (unpaired) electrons. The maximum Gasteiger partial charge on any atom is 0.0611 e. The van der Waals surface area contributed by atoms with Crippen molar-refractivity contribution in [3.63, 3.8) is 0 Å². The Morgan fingerprint density at radius 3 is 2.04 bits per heavy atom. The number of nitrogens with zero attached hydrogens (tertiary/aromatic N) is 3. The first kappa shape index (κ1) is 18.9. The first-order valence-corrected chi connectivity index (χ1v) is 8.99. The molecular formula is C22H29N3. The Hall–Kier alpha value is -2.42. The summed E-state index contributed by atoms with van der Waals surface area (Å²) in [4.78, 5) is 0. The van der Waals surface area contributed by atoms with Gasteiger partial charge in [-0.15, -0.1) is 5.11 Å². The van der Waals surface area contributed by atoms with Gasteiger partial charge in [-0.2, -0.15) is 0 Å². The van der Waals surface area contributed by atoms with Crippen LogP contribution >= 0.6 is 0 Å². The molecule has 2 aromatic carbocycles. The van der Waals surface area contributed by atoms with Gasteiger partial charge in [-0.05, 0) is 47.6 Å². The zero-order chi connectivity index (χ0) is 18.3. The molecule has 0 bridgehead atoms. The van der Waals surface area contributed by atoms with Gasteiger partial charge in [0.25, 0.3) is 0 Å². The van der Waals surface area contributed by atoms with Crippen LogP contribution in [-0.4, -0.2) is 6.54 Å². The van der Waals surface area contributed by atoms with Crippen LogP contribution in [0.4, 0.5) is 5.69 Å². The van der Waals surface area contributed by atoms with Gasteiger partial charge in [0.15, 0.2) is 0 Å². The summed E-state index contributed by atoms with van der Waals surface area (Å²) in [5, 5.41) is 10.6. The maximum atomic E-state index is 4.40. The minimum atomic E-state index is 0.127. The number of hydrogen-bond donors (Lipinski definition) is 0. The van der Waals surface area contributed by atoms with Crippen LogP contribution in [0, 0.1) is 5.41 Å². The van der Waals surface area contributed by atoms with Crippen LogP contribution in [0.5, 0.6) is 0 Å². The highest BCUT2D eigenvalue weighted by Gasteiger charge is 2.14. The Morgan fingerprint density at radius 1 is 0.920 bits per heavy atom. The summed E-state index contributed by atoms with van der Waals surface area (Å²) < 4.78 is 0. The average Bonchev–Trinajstić information content (AvgIpc) is 2.62. The maximum absolute atomic E-state index is 4.40. The van der Waals surface area contributed by atoms with Crippen LogP contribution in [-0.2, 0) is 0 Å². The molecule has 0 aliphatic carbocycles. The third kappa shape index (κ3) is 5.28. The summed E-state index contributed by atoms with van der Waals surface area (Å²) in [7, 11) is 0. The van der Waals surface area contributed by atoms with Gasteiger partial charge in [0.1, 0.15) is 0 Å². The van der Waals surface area contributed by atoms with Crippen LogP contribution < -0.4 is 5.01 Å². The van der Waals surface area contributed by atoms with Gasteiger partial charge in [0.2, 0.25) is 0 Å². The van der Waals surface area contributed by atoms with E-state index in [0.29, 0.717) is 0 Å². The van der Waals surface area contributed by atoms with E-state index in [0.717, 1.165) is 18.7 Å². The van der Waals surface area contributed by atoms with E-state index in [1.807, 2.05) is 17.3 Å². The van der Waals surface area contributed by atoms with Crippen LogP contribution in [0.2, 0.25) is 0 Å². The van der Waals surface area contributed by atoms with E-state index < -0.39 is 0 Å². The summed E-state index contributed by atoms with van der Waals surface area (Å²) >= 11 is 0. The van der Waals surface area contributed by atoms with Gasteiger partial charge in [-0.25, -0.2) is 5.01 Å². The van der Waals surface area contributed by atoms with Crippen LogP contribution in [0.25, 0.3) is 11.1 Å². The predicted octanol–water partition coefficient (Wildman–Crippen LogP) is 6.89. The Kier molecular flexibility index (Phi) is 6.51. The second kappa shape index (κ2) is 8.61. The van der Waals surface area contributed by atoms with Crippen molar-refractivity contribution >= 4 is 5.69 Å². The fourth-order valence-electron chi connectivity index (χ4n) is 2.73. The molecule has 0 unspecified atom stereocenters. The zero-order valence-corrected chi connectivity index (χ0v) is 16.0. The lowest BCUT2D eigenvalue weighted by Gasteiger charge is -2.21. The number of allylic oxidation sites excluding steroid dienone is 1. The van der Waals surface area contributed by atoms with Crippen molar-refractivity contribution < 1.29 is 0 Å². The third-order valence-corrected chi connectivity index (χ3v) is 4.29. The van der Waals surface area contributed by atoms with Gasteiger partial charge in [-0.1, -0.05) is 75.4 Å². The molecule has 3 nitrogen and oxygen atoms in total. The summed E-state index contributed by atoms with van der Waals surface area (Å²) in [5.74, 6) is 0. The van der Waals surface area contributed by atoms with Gasteiger partial charge in [-0.3, -0.25) is 0 Å². The summed E-state index contributed by atoms with van der Waals surface area (Å²) in [6.45, 7) is 11.6. The number of anilines is 1. The average molecular weight is 335 g/mol. The molecule has 25 heavy (non-hydrogen) atoms. The fraction of sp³-hybridized carbons (Fsp3) is 0.364. The van der Waals surface area contributed by atoms with Gasteiger partial charge < -0.3 is 0 Å². The zero-order valence-electron chi connectivity index (χ0n) is 16.0. The van der Waals surface area contributed by atoms with Crippen molar-refractivity contribution in [1.29, 1.82) is 0 Å². The number of benzene rings is 2. The Morgan fingerprint density at radius 2 is 1.52 bits per heavy atom. The van der Waals surface area contributed by atoms with E-state index in [9.17, 15) is 0 Å². The second-order valence-corrected chi connectivity index (χ2v) is 7.09. The number of hydrogen-bond acceptors (Lipinski definition) is 2. The van der Waals surface area contributed by atoms with Crippen molar-refractivity contribution in [2.75, 3.05) is 11.6 Å². The Balaban J connectivity index is 2.15. The highest BCUT2D eigenvalue weighted by Crippen LogP contribution is 2.28. The first-order valence-electron chi connectivity index (χ1n) is 8.99. The molecule has 0 heterocycles. The summed E-state index contributed by atoms with van der Waals surface area (Å²) in [6, 6.07) is 18.8. The fourth-order valence-corrected chi connectivity index (χ4v) is 2.73. The molecule has 2 rings (SSSR count). The molecule has 0 aliphatic rings. The van der Waals surface area contributed by atoms with Gasteiger partial charge in [0.05, 0.1) is 11.9 Å². The van der Waals surface area contributed by atoms with Gasteiger partial charge >= 0.3 is 0 Å². The molecule has 0 spiro atoms. The molecule has 0 aliphatic heterocycles. The van der Waals surface area contributed by atoms with Crippen molar-refractivity contribution in [3.8, 4) is 11.1 Å². The minimum Gasteiger partial charge on any atom is -0.247 e. The molecular weight excluding hydrogens is 306 g/mol. The van der Waals surface area contributed by atoms with Crippen LogP contribution in [0.3, 0.4) is 0 Å². The first-order chi connectivity index (χ1) is 12.0. The SMILES string of the molecule is CC/C(=C\N=N/N(CC)c1ccc(-c2ccccc2)cc1)C(C)(C)C. The minimum absolute atomic E-state index is 0.127. The molecule has 3 heteroatoms. The van der Waals surface area contributed by atoms with E-state index in [1.54, 1.807) is 0 Å². The molecule has 0 aromatic heterocycles. The number of rotatable bonds is 6. The molecule has 2 aromatic rings. The van der Waals surface area contributed by atoms with E-state index in [-0.39, 0.29) is 5.41 Å². The van der Waals surface area contributed by atoms with Crippen molar-refractivity contribution in [1.82, 2.24) is 0 Å². The Labute approximate surface area is 152 Å². The molecule has 0 saturated carbocycles. The van der Waals surface area contributed by atoms with Crippen molar-refractivity contribution in [3.05, 3.63) is 66.4 Å². The molecule has 0 N–H and O–H groups in total. The quantitative estimate of drug-likeness (QED) is 0.417. The van der Waals surface area contributed by atoms with E-state index >= 15 is 0 Å². The lowest BCUT2D eigenvalue weighted by Crippen LogP contribution is -2.14. The molecule has 0 fully saturated rings. The van der Waals surface area contributed by atoms with E-state index in [2.05, 4.69) is 93.5 Å². The molecule has 0 atom stereocenters. The standard InChI is InChI=1S/C22H29N3/c1-6-20(22(3,4)5)17-23-24-25(7-2)21-15-13-19(14-16-21)18-11-9-8-10-12-18/h8-17H,6-7H2,1-5H3/b20-17+,24-23-. The van der Waals surface area contributed by atoms with Crippen LogP contribution in [0.1, 0.15) is 41.0 Å². The largest absolute Gasteiger partial charge is 0.247 e. The molecule has 0 amide bonds. The summed E-state index contributed by atoms with van der Waals surface area (Å²) in [5.41, 5.74) is 4.90. The molecule has 0 saturated heterocycles. The molecule has 132 valence electrons. The van der Waals surface area contributed by atoms with E-state index in [4.69, 9.17) is 0 Å².